The van der Waals surface area contributed by atoms with Crippen LogP contribution in [0.25, 0.3) is 10.2 Å². The van der Waals surface area contributed by atoms with E-state index in [2.05, 4.69) is 24.0 Å². The van der Waals surface area contributed by atoms with Crippen molar-refractivity contribution in [2.75, 3.05) is 19.6 Å². The summed E-state index contributed by atoms with van der Waals surface area (Å²) >= 11 is 1.76. The monoisotopic (exact) mass is 434 g/mol. The first-order valence-corrected chi connectivity index (χ1v) is 12.4. The van der Waals surface area contributed by atoms with Crippen LogP contribution in [0.1, 0.15) is 70.9 Å². The summed E-state index contributed by atoms with van der Waals surface area (Å²) in [5.41, 5.74) is 4.20. The van der Waals surface area contributed by atoms with Crippen molar-refractivity contribution in [1.29, 1.82) is 0 Å². The highest BCUT2D eigenvalue weighted by Crippen LogP contribution is 2.37. The normalized spacial score (nSPS) is 22.1. The van der Waals surface area contributed by atoms with E-state index >= 15 is 0 Å². The zero-order chi connectivity index (χ0) is 21.4. The van der Waals surface area contributed by atoms with Crippen molar-refractivity contribution in [1.82, 2.24) is 9.88 Å². The number of aliphatic hydroxyl groups is 1. The quantitative estimate of drug-likeness (QED) is 0.545. The Labute approximate surface area is 187 Å². The molecule has 2 aliphatic rings. The molecule has 0 radical (unpaired) electrons. The minimum absolute atomic E-state index is 0.0628. The molecule has 4 nitrogen and oxygen atoms in total. The number of fused-ring (bicyclic) bond motifs is 2. The van der Waals surface area contributed by atoms with Gasteiger partial charge in [0.2, 0.25) is 0 Å². The number of benzene rings is 2. The summed E-state index contributed by atoms with van der Waals surface area (Å²) in [6.07, 6.45) is 3.81. The van der Waals surface area contributed by atoms with Crippen LogP contribution in [-0.4, -0.2) is 46.5 Å². The van der Waals surface area contributed by atoms with E-state index in [0.717, 1.165) is 35.4 Å². The molecule has 0 unspecified atom stereocenters. The minimum Gasteiger partial charge on any atom is -0.392 e. The van der Waals surface area contributed by atoms with Crippen molar-refractivity contribution < 1.29 is 9.90 Å². The van der Waals surface area contributed by atoms with Crippen molar-refractivity contribution >= 4 is 27.3 Å². The second-order valence-corrected chi connectivity index (χ2v) is 10.0. The van der Waals surface area contributed by atoms with Crippen LogP contribution < -0.4 is 0 Å². The van der Waals surface area contributed by atoms with Crippen LogP contribution >= 0.6 is 11.3 Å². The molecule has 2 atom stereocenters. The Balaban J connectivity index is 1.27. The van der Waals surface area contributed by atoms with Crippen LogP contribution in [0.2, 0.25) is 0 Å². The molecule has 1 aromatic heterocycles. The van der Waals surface area contributed by atoms with Gasteiger partial charge in [-0.25, -0.2) is 4.98 Å². The van der Waals surface area contributed by atoms with E-state index in [1.807, 2.05) is 30.3 Å². The Kier molecular flexibility index (Phi) is 5.91. The summed E-state index contributed by atoms with van der Waals surface area (Å²) in [6.45, 7) is 5.65. The number of ketones is 1. The molecular weight excluding hydrogens is 404 g/mol. The maximum Gasteiger partial charge on any atom is 0.162 e. The first-order valence-electron chi connectivity index (χ1n) is 11.5. The lowest BCUT2D eigenvalue weighted by molar-refractivity contribution is 0.0962. The Morgan fingerprint density at radius 3 is 2.81 bits per heavy atom. The smallest absolute Gasteiger partial charge is 0.162 e. The van der Waals surface area contributed by atoms with Gasteiger partial charge in [0.05, 0.1) is 21.3 Å². The number of piperidine rings is 1. The van der Waals surface area contributed by atoms with E-state index in [9.17, 15) is 9.90 Å². The molecule has 0 amide bonds. The number of thiazole rings is 1. The minimum atomic E-state index is -0.379. The molecule has 1 fully saturated rings. The maximum atomic E-state index is 12.9. The van der Waals surface area contributed by atoms with Gasteiger partial charge in [-0.05, 0) is 74.6 Å². The molecule has 31 heavy (non-hydrogen) atoms. The van der Waals surface area contributed by atoms with E-state index in [0.29, 0.717) is 25.2 Å². The molecule has 5 heteroatoms. The summed E-state index contributed by atoms with van der Waals surface area (Å²) in [5.74, 6) is 0.765. The topological polar surface area (TPSA) is 53.4 Å². The lowest BCUT2D eigenvalue weighted by Crippen LogP contribution is -2.32. The average Bonchev–Trinajstić information content (AvgIpc) is 3.37. The predicted octanol–water partition coefficient (Wildman–Crippen LogP) is 5.16. The fourth-order valence-corrected chi connectivity index (χ4v) is 6.40. The maximum absolute atomic E-state index is 12.9. The van der Waals surface area contributed by atoms with Crippen molar-refractivity contribution in [2.45, 2.75) is 57.0 Å². The number of hydrogen-bond acceptors (Lipinski definition) is 5. The molecule has 162 valence electrons. The second-order valence-electron chi connectivity index (χ2n) is 8.98. The largest absolute Gasteiger partial charge is 0.392 e. The first-order chi connectivity index (χ1) is 15.1. The number of rotatable bonds is 6. The van der Waals surface area contributed by atoms with E-state index < -0.39 is 0 Å². The third kappa shape index (κ3) is 4.19. The fraction of sp³-hybridized carbons (Fsp3) is 0.462. The van der Waals surface area contributed by atoms with E-state index in [-0.39, 0.29) is 17.8 Å². The summed E-state index contributed by atoms with van der Waals surface area (Å²) in [5, 5.41) is 11.7. The fourth-order valence-electron chi connectivity index (χ4n) is 5.22. The number of hydrogen-bond donors (Lipinski definition) is 1. The van der Waals surface area contributed by atoms with Crippen LogP contribution in [0.5, 0.6) is 0 Å². The van der Waals surface area contributed by atoms with Gasteiger partial charge in [-0.15, -0.1) is 11.3 Å². The lowest BCUT2D eigenvalue weighted by Gasteiger charge is -2.29. The zero-order valence-corrected chi connectivity index (χ0v) is 18.9. The summed E-state index contributed by atoms with van der Waals surface area (Å²) in [4.78, 5) is 20.3. The molecule has 1 N–H and O–H groups in total. The number of nitrogens with zero attached hydrogens (tertiary/aromatic N) is 2. The Hall–Kier alpha value is -2.08. The van der Waals surface area contributed by atoms with E-state index in [1.54, 1.807) is 11.3 Å². The van der Waals surface area contributed by atoms with Crippen molar-refractivity contribution in [3.63, 3.8) is 0 Å². The van der Waals surface area contributed by atoms with Gasteiger partial charge < -0.3 is 10.0 Å². The highest BCUT2D eigenvalue weighted by molar-refractivity contribution is 7.18. The molecule has 0 spiro atoms. The van der Waals surface area contributed by atoms with Gasteiger partial charge in [-0.1, -0.05) is 31.2 Å². The highest BCUT2D eigenvalue weighted by Gasteiger charge is 2.31. The van der Waals surface area contributed by atoms with Crippen LogP contribution in [-0.2, 0) is 6.42 Å². The SMILES string of the molecule is CCN1CCC(c2nc3ccc(C(=O)CC[C@H]4c5ccccc5C[C@@H]4O)cc3s2)CC1. The molecule has 2 heterocycles. The van der Waals surface area contributed by atoms with Gasteiger partial charge in [0.25, 0.3) is 0 Å². The standard InChI is InChI=1S/C26H30N2O2S/c1-2-28-13-11-17(12-14-28)26-27-22-9-7-19(16-25(22)31-26)23(29)10-8-21-20-6-4-3-5-18(20)15-24(21)30/h3-7,9,16-17,21,24,30H,2,8,10-15H2,1H3/t21-,24-/m0/s1. The summed E-state index contributed by atoms with van der Waals surface area (Å²) in [6, 6.07) is 14.2. The number of Topliss-reactive ketones (excluding diaryl/α,β-unsaturated/α-hetero) is 1. The molecule has 5 rings (SSSR count). The molecular formula is C26H30N2O2S. The molecule has 1 saturated heterocycles. The molecule has 0 bridgehead atoms. The van der Waals surface area contributed by atoms with Gasteiger partial charge in [0, 0.05) is 23.8 Å². The third-order valence-corrected chi connectivity index (χ3v) is 8.32. The molecule has 1 aliphatic heterocycles. The van der Waals surface area contributed by atoms with Gasteiger partial charge in [0.15, 0.2) is 5.78 Å². The second kappa shape index (κ2) is 8.81. The number of aromatic nitrogens is 1. The number of carbonyl (C=O) groups excluding carboxylic acids is 1. The van der Waals surface area contributed by atoms with E-state index in [4.69, 9.17) is 4.98 Å². The molecule has 1 aliphatic carbocycles. The van der Waals surface area contributed by atoms with Crippen molar-refractivity contribution in [3.05, 3.63) is 64.2 Å². The summed E-state index contributed by atoms with van der Waals surface area (Å²) < 4.78 is 1.12. The zero-order valence-electron chi connectivity index (χ0n) is 18.1. The van der Waals surface area contributed by atoms with Gasteiger partial charge in [-0.3, -0.25) is 4.79 Å². The van der Waals surface area contributed by atoms with E-state index in [1.165, 1.54) is 29.0 Å². The number of aliphatic hydroxyl groups excluding tert-OH is 1. The molecule has 0 saturated carbocycles. The van der Waals surface area contributed by atoms with Crippen LogP contribution in [0.4, 0.5) is 0 Å². The van der Waals surface area contributed by atoms with Gasteiger partial charge >= 0.3 is 0 Å². The predicted molar refractivity (Wildman–Crippen MR) is 126 cm³/mol. The lowest BCUT2D eigenvalue weighted by atomic mass is 9.92. The highest BCUT2D eigenvalue weighted by atomic mass is 32.1. The van der Waals surface area contributed by atoms with Crippen LogP contribution in [0.3, 0.4) is 0 Å². The number of carbonyl (C=O) groups is 1. The van der Waals surface area contributed by atoms with Gasteiger partial charge in [-0.2, -0.15) is 0 Å². The van der Waals surface area contributed by atoms with Gasteiger partial charge in [0.1, 0.15) is 0 Å². The van der Waals surface area contributed by atoms with Crippen molar-refractivity contribution in [2.24, 2.45) is 0 Å². The molecule has 3 aromatic rings. The van der Waals surface area contributed by atoms with Crippen LogP contribution in [0.15, 0.2) is 42.5 Å². The molecule has 2 aromatic carbocycles. The number of likely N-dealkylation sites (tertiary alicyclic amines) is 1. The average molecular weight is 435 g/mol. The Morgan fingerprint density at radius 2 is 2.00 bits per heavy atom. The summed E-state index contributed by atoms with van der Waals surface area (Å²) in [7, 11) is 0. The third-order valence-electron chi connectivity index (χ3n) is 7.14. The first kappa shape index (κ1) is 20.8. The Morgan fingerprint density at radius 1 is 1.19 bits per heavy atom. The Bertz CT molecular complexity index is 1080. The van der Waals surface area contributed by atoms with Crippen molar-refractivity contribution in [3.8, 4) is 0 Å². The van der Waals surface area contributed by atoms with Crippen LogP contribution in [0, 0.1) is 0 Å².